The number of aliphatic hydroxyl groups is 1. The number of carbonyl (C=O) groups excluding carboxylic acids is 5. The molecule has 4 aliphatic rings. The van der Waals surface area contributed by atoms with Gasteiger partial charge in [0.05, 0.1) is 34.3 Å². The highest BCUT2D eigenvalue weighted by atomic mass is 19.4. The van der Waals surface area contributed by atoms with Crippen LogP contribution < -0.4 is 10.6 Å². The number of benzene rings is 3. The highest BCUT2D eigenvalue weighted by Crippen LogP contribution is 2.37. The molecular formula is C40H41F3N8O6. The lowest BCUT2D eigenvalue weighted by Crippen LogP contribution is -2.58. The predicted molar refractivity (Wildman–Crippen MR) is 200 cm³/mol. The summed E-state index contributed by atoms with van der Waals surface area (Å²) in [5, 5.41) is 16.4. The number of anilines is 1. The SMILES string of the molecule is O=C1CCN(N2C(=O)c3ccc(CN4CCN(Cc5ccc6c(c5)nc(NC(=O)c5cccc(C(F)(F)F)c5)n6C5CCC(CO)CC5)CC4)cc3C2=O)C(=O)N1. The van der Waals surface area contributed by atoms with Crippen LogP contribution in [0.2, 0.25) is 0 Å². The summed E-state index contributed by atoms with van der Waals surface area (Å²) in [5.41, 5.74) is 2.72. The number of halogens is 3. The summed E-state index contributed by atoms with van der Waals surface area (Å²) in [6, 6.07) is 14.6. The Balaban J connectivity index is 0.929. The van der Waals surface area contributed by atoms with Crippen molar-refractivity contribution in [3.63, 3.8) is 0 Å². The van der Waals surface area contributed by atoms with Crippen molar-refractivity contribution in [1.82, 2.24) is 34.7 Å². The summed E-state index contributed by atoms with van der Waals surface area (Å²) >= 11 is 0. The molecule has 0 bridgehead atoms. The number of aliphatic hydroxyl groups excluding tert-OH is 1. The topological polar surface area (TPSA) is 160 Å². The van der Waals surface area contributed by atoms with E-state index in [0.29, 0.717) is 18.6 Å². The van der Waals surface area contributed by atoms with Crippen LogP contribution in [0.5, 0.6) is 0 Å². The second-order valence-corrected chi connectivity index (χ2v) is 15.1. The number of imide groups is 2. The van der Waals surface area contributed by atoms with E-state index in [9.17, 15) is 42.3 Å². The molecule has 298 valence electrons. The molecule has 0 unspecified atom stereocenters. The lowest BCUT2D eigenvalue weighted by Gasteiger charge is -2.34. The minimum absolute atomic E-state index is 0.0140. The number of nitrogens with zero attached hydrogens (tertiary/aromatic N) is 6. The summed E-state index contributed by atoms with van der Waals surface area (Å²) in [5.74, 6) is -1.89. The molecule has 6 amide bonds. The van der Waals surface area contributed by atoms with Crippen molar-refractivity contribution in [2.75, 3.05) is 44.6 Å². The van der Waals surface area contributed by atoms with Gasteiger partial charge in [0.15, 0.2) is 0 Å². The fourth-order valence-corrected chi connectivity index (χ4v) is 8.26. The second-order valence-electron chi connectivity index (χ2n) is 15.1. The highest BCUT2D eigenvalue weighted by molar-refractivity contribution is 6.22. The number of fused-ring (bicyclic) bond motifs is 2. The number of amides is 6. The normalized spacial score (nSPS) is 21.0. The molecule has 4 heterocycles. The van der Waals surface area contributed by atoms with E-state index < -0.39 is 41.4 Å². The molecular weight excluding hydrogens is 745 g/mol. The van der Waals surface area contributed by atoms with E-state index in [1.54, 1.807) is 12.1 Å². The van der Waals surface area contributed by atoms with Gasteiger partial charge >= 0.3 is 12.2 Å². The van der Waals surface area contributed by atoms with Gasteiger partial charge in [0.2, 0.25) is 11.9 Å². The first-order chi connectivity index (χ1) is 27.4. The average molecular weight is 787 g/mol. The van der Waals surface area contributed by atoms with Gasteiger partial charge in [0.1, 0.15) is 0 Å². The molecule has 1 aromatic heterocycles. The van der Waals surface area contributed by atoms with Crippen molar-refractivity contribution >= 4 is 46.6 Å². The molecule has 14 nitrogen and oxygen atoms in total. The Hall–Kier alpha value is -5.65. The van der Waals surface area contributed by atoms with Crippen LogP contribution in [-0.2, 0) is 24.1 Å². The van der Waals surface area contributed by atoms with Crippen LogP contribution in [0.4, 0.5) is 23.9 Å². The predicted octanol–water partition coefficient (Wildman–Crippen LogP) is 4.80. The van der Waals surface area contributed by atoms with Crippen LogP contribution in [0.25, 0.3) is 11.0 Å². The maximum atomic E-state index is 13.4. The van der Waals surface area contributed by atoms with E-state index >= 15 is 0 Å². The van der Waals surface area contributed by atoms with Crippen LogP contribution in [0.15, 0.2) is 60.7 Å². The van der Waals surface area contributed by atoms with E-state index in [0.717, 1.165) is 90.7 Å². The number of hydrogen-bond donors (Lipinski definition) is 3. The summed E-state index contributed by atoms with van der Waals surface area (Å²) in [6.07, 6.45) is -1.48. The van der Waals surface area contributed by atoms with E-state index in [2.05, 4.69) is 20.4 Å². The third-order valence-electron chi connectivity index (χ3n) is 11.4. The molecule has 0 radical (unpaired) electrons. The number of hydrogen-bond acceptors (Lipinski definition) is 9. The van der Waals surface area contributed by atoms with E-state index in [4.69, 9.17) is 4.98 Å². The van der Waals surface area contributed by atoms with Gasteiger partial charge in [0, 0.05) is 63.9 Å². The van der Waals surface area contributed by atoms with Gasteiger partial charge in [-0.1, -0.05) is 18.2 Å². The Morgan fingerprint density at radius 3 is 2.16 bits per heavy atom. The third kappa shape index (κ3) is 7.74. The molecule has 3 N–H and O–H groups in total. The molecule has 0 spiro atoms. The zero-order chi connectivity index (χ0) is 40.0. The summed E-state index contributed by atoms with van der Waals surface area (Å²) in [7, 11) is 0. The lowest BCUT2D eigenvalue weighted by atomic mass is 9.86. The van der Waals surface area contributed by atoms with Crippen LogP contribution >= 0.6 is 0 Å². The van der Waals surface area contributed by atoms with Gasteiger partial charge in [-0.25, -0.2) is 14.8 Å². The Morgan fingerprint density at radius 2 is 1.49 bits per heavy atom. The summed E-state index contributed by atoms with van der Waals surface area (Å²) in [4.78, 5) is 72.9. The third-order valence-corrected chi connectivity index (χ3v) is 11.4. The number of carbonyl (C=O) groups is 5. The fourth-order valence-electron chi connectivity index (χ4n) is 8.26. The molecule has 1 saturated carbocycles. The van der Waals surface area contributed by atoms with E-state index in [1.807, 2.05) is 28.8 Å². The molecule has 57 heavy (non-hydrogen) atoms. The second kappa shape index (κ2) is 15.4. The van der Waals surface area contributed by atoms with Gasteiger partial charge in [-0.2, -0.15) is 18.2 Å². The Labute approximate surface area is 325 Å². The highest BCUT2D eigenvalue weighted by Gasteiger charge is 2.43. The van der Waals surface area contributed by atoms with Crippen LogP contribution in [-0.4, -0.2) is 103 Å². The molecule has 3 aromatic carbocycles. The number of nitrogens with one attached hydrogen (secondary N) is 2. The number of aromatic nitrogens is 2. The van der Waals surface area contributed by atoms with Crippen LogP contribution in [0.1, 0.15) is 85.9 Å². The molecule has 8 rings (SSSR count). The number of hydrazine groups is 1. The summed E-state index contributed by atoms with van der Waals surface area (Å²) in [6.45, 7) is 4.26. The van der Waals surface area contributed by atoms with Gasteiger partial charge in [-0.15, -0.1) is 0 Å². The Kier molecular flexibility index (Phi) is 10.3. The van der Waals surface area contributed by atoms with Crippen molar-refractivity contribution in [3.8, 4) is 0 Å². The standard InChI is InChI=1S/C40H41F3N8O6/c41-40(42,43)28-3-1-2-27(20-28)35(54)46-38-44-32-19-26(7-11-33(32)50(38)29-8-4-24(23-52)5-9-29)22-48-16-14-47(15-17-48)21-25-6-10-30-31(18-25)37(56)51(36(30)55)49-13-12-34(53)45-39(49)57/h1-3,6-7,10-11,18-20,24,29,52H,4-5,8-9,12-17,21-23H2,(H,44,46,54)(H,45,53,57). The van der Waals surface area contributed by atoms with Crippen molar-refractivity contribution in [2.24, 2.45) is 5.92 Å². The van der Waals surface area contributed by atoms with Gasteiger partial charge in [-0.3, -0.25) is 39.6 Å². The van der Waals surface area contributed by atoms with Crippen LogP contribution in [0, 0.1) is 5.92 Å². The zero-order valence-corrected chi connectivity index (χ0v) is 30.9. The molecule has 2 saturated heterocycles. The van der Waals surface area contributed by atoms with Gasteiger partial charge in [0.25, 0.3) is 17.7 Å². The monoisotopic (exact) mass is 786 g/mol. The van der Waals surface area contributed by atoms with Crippen molar-refractivity contribution in [1.29, 1.82) is 0 Å². The maximum Gasteiger partial charge on any atom is 0.416 e. The first-order valence-electron chi connectivity index (χ1n) is 19.0. The van der Waals surface area contributed by atoms with E-state index in [1.165, 1.54) is 12.1 Å². The molecule has 17 heteroatoms. The van der Waals surface area contributed by atoms with Gasteiger partial charge < -0.3 is 9.67 Å². The smallest absolute Gasteiger partial charge is 0.396 e. The number of urea groups is 1. The minimum atomic E-state index is -4.59. The number of imidazole rings is 1. The zero-order valence-electron chi connectivity index (χ0n) is 30.9. The Bertz CT molecular complexity index is 2260. The summed E-state index contributed by atoms with van der Waals surface area (Å²) < 4.78 is 42.2. The first kappa shape index (κ1) is 38.2. The molecule has 4 aromatic rings. The lowest BCUT2D eigenvalue weighted by molar-refractivity contribution is -0.137. The fraction of sp³-hybridized carbons (Fsp3) is 0.400. The van der Waals surface area contributed by atoms with Crippen LogP contribution in [0.3, 0.4) is 0 Å². The largest absolute Gasteiger partial charge is 0.416 e. The van der Waals surface area contributed by atoms with Crippen molar-refractivity contribution in [2.45, 2.75) is 57.4 Å². The number of alkyl halides is 3. The number of rotatable bonds is 9. The average Bonchev–Trinajstić information content (AvgIpc) is 3.67. The maximum absolute atomic E-state index is 13.4. The van der Waals surface area contributed by atoms with Crippen molar-refractivity contribution in [3.05, 3.63) is 94.0 Å². The first-order valence-corrected chi connectivity index (χ1v) is 19.0. The molecule has 3 fully saturated rings. The van der Waals surface area contributed by atoms with Gasteiger partial charge in [-0.05, 0) is 85.2 Å². The quantitative estimate of drug-likeness (QED) is 0.203. The van der Waals surface area contributed by atoms with E-state index in [-0.39, 0.29) is 54.2 Å². The van der Waals surface area contributed by atoms with Crippen molar-refractivity contribution < 1.29 is 42.3 Å². The molecule has 3 aliphatic heterocycles. The number of piperazine rings is 1. The minimum Gasteiger partial charge on any atom is -0.396 e. The molecule has 1 aliphatic carbocycles. The molecule has 0 atom stereocenters. The Morgan fingerprint density at radius 1 is 0.825 bits per heavy atom.